The lowest BCUT2D eigenvalue weighted by atomic mass is 10.0. The van der Waals surface area contributed by atoms with Gasteiger partial charge in [0.05, 0.1) is 5.69 Å². The quantitative estimate of drug-likeness (QED) is 0.499. The fraction of sp³-hybridized carbons (Fsp3) is 0.125. The van der Waals surface area contributed by atoms with Crippen LogP contribution in [0.25, 0.3) is 34.0 Å². The second kappa shape index (κ2) is 6.64. The van der Waals surface area contributed by atoms with E-state index in [2.05, 4.69) is 35.4 Å². The second-order valence-corrected chi connectivity index (χ2v) is 7.65. The summed E-state index contributed by atoms with van der Waals surface area (Å²) in [5.74, 6) is 0.744. The zero-order valence-electron chi connectivity index (χ0n) is 16.3. The Morgan fingerprint density at radius 2 is 1.83 bits per heavy atom. The van der Waals surface area contributed by atoms with Crippen LogP contribution < -0.4 is 5.73 Å². The van der Waals surface area contributed by atoms with Crippen LogP contribution in [0.2, 0.25) is 0 Å². The standard InChI is InChI=1S/C24H20N6/c25-20-10-8-17-15-18(7-9-19(17)20)23-24(16-5-2-1-3-6-16)30-21(27-23)11-12-22(28-30)29-14-4-13-26-29/h1-7,9,11-15,20H,8,10,25H2/t20-/m0/s1. The third kappa shape index (κ3) is 2.65. The molecule has 0 unspecified atom stereocenters. The zero-order chi connectivity index (χ0) is 20.1. The smallest absolute Gasteiger partial charge is 0.174 e. The van der Waals surface area contributed by atoms with Crippen LogP contribution in [0, 0.1) is 0 Å². The zero-order valence-corrected chi connectivity index (χ0v) is 16.3. The van der Waals surface area contributed by atoms with Crippen molar-refractivity contribution in [2.24, 2.45) is 5.73 Å². The fourth-order valence-corrected chi connectivity index (χ4v) is 4.30. The molecule has 0 amide bonds. The van der Waals surface area contributed by atoms with E-state index in [1.165, 1.54) is 11.1 Å². The predicted octanol–water partition coefficient (Wildman–Crippen LogP) is 4.20. The minimum Gasteiger partial charge on any atom is -0.324 e. The van der Waals surface area contributed by atoms with Gasteiger partial charge in [-0.05, 0) is 48.2 Å². The maximum Gasteiger partial charge on any atom is 0.174 e. The number of aromatic nitrogens is 5. The molecule has 1 aliphatic rings. The van der Waals surface area contributed by atoms with E-state index in [4.69, 9.17) is 15.8 Å². The molecule has 3 aromatic heterocycles. The van der Waals surface area contributed by atoms with E-state index in [1.807, 2.05) is 47.1 Å². The van der Waals surface area contributed by atoms with Crippen molar-refractivity contribution in [3.05, 3.63) is 90.3 Å². The summed E-state index contributed by atoms with van der Waals surface area (Å²) in [7, 11) is 0. The van der Waals surface area contributed by atoms with Crippen molar-refractivity contribution in [2.45, 2.75) is 18.9 Å². The maximum atomic E-state index is 6.24. The van der Waals surface area contributed by atoms with Crippen LogP contribution in [0.5, 0.6) is 0 Å². The Morgan fingerprint density at radius 3 is 2.67 bits per heavy atom. The maximum absolute atomic E-state index is 6.24. The van der Waals surface area contributed by atoms with Gasteiger partial charge in [-0.3, -0.25) is 0 Å². The first-order valence-electron chi connectivity index (χ1n) is 10.1. The normalized spacial score (nSPS) is 15.6. The molecule has 0 aliphatic heterocycles. The number of nitrogens with zero attached hydrogens (tertiary/aromatic N) is 5. The number of nitrogens with two attached hydrogens (primary N) is 1. The monoisotopic (exact) mass is 392 g/mol. The summed E-state index contributed by atoms with van der Waals surface area (Å²) in [5, 5.41) is 9.18. The van der Waals surface area contributed by atoms with Gasteiger partial charge in [-0.2, -0.15) is 5.10 Å². The highest BCUT2D eigenvalue weighted by Gasteiger charge is 2.22. The van der Waals surface area contributed by atoms with E-state index in [9.17, 15) is 0 Å². The van der Waals surface area contributed by atoms with Crippen LogP contribution in [-0.2, 0) is 6.42 Å². The van der Waals surface area contributed by atoms with E-state index in [-0.39, 0.29) is 6.04 Å². The third-order valence-corrected chi connectivity index (χ3v) is 5.79. The largest absolute Gasteiger partial charge is 0.324 e. The molecule has 30 heavy (non-hydrogen) atoms. The number of fused-ring (bicyclic) bond motifs is 2. The van der Waals surface area contributed by atoms with Gasteiger partial charge in [0.25, 0.3) is 0 Å². The molecule has 3 heterocycles. The van der Waals surface area contributed by atoms with Crippen LogP contribution >= 0.6 is 0 Å². The van der Waals surface area contributed by atoms with Gasteiger partial charge in [0.15, 0.2) is 11.5 Å². The molecule has 0 fully saturated rings. The highest BCUT2D eigenvalue weighted by Crippen LogP contribution is 2.36. The van der Waals surface area contributed by atoms with Crippen molar-refractivity contribution in [3.63, 3.8) is 0 Å². The number of aryl methyl sites for hydroxylation is 1. The van der Waals surface area contributed by atoms with Gasteiger partial charge in [0, 0.05) is 29.6 Å². The lowest BCUT2D eigenvalue weighted by molar-refractivity contribution is 0.713. The van der Waals surface area contributed by atoms with E-state index in [0.29, 0.717) is 0 Å². The van der Waals surface area contributed by atoms with Crippen LogP contribution in [0.4, 0.5) is 0 Å². The van der Waals surface area contributed by atoms with Gasteiger partial charge in [-0.25, -0.2) is 14.2 Å². The molecule has 5 aromatic rings. The summed E-state index contributed by atoms with van der Waals surface area (Å²) in [6.45, 7) is 0. The minimum atomic E-state index is 0.141. The first-order valence-corrected chi connectivity index (χ1v) is 10.1. The Hall–Kier alpha value is -3.77. The van der Waals surface area contributed by atoms with Crippen LogP contribution in [0.3, 0.4) is 0 Å². The Balaban J connectivity index is 1.60. The van der Waals surface area contributed by atoms with Crippen molar-refractivity contribution < 1.29 is 0 Å². The van der Waals surface area contributed by atoms with Gasteiger partial charge >= 0.3 is 0 Å². The van der Waals surface area contributed by atoms with Crippen molar-refractivity contribution in [1.29, 1.82) is 0 Å². The molecule has 0 saturated heterocycles. The highest BCUT2D eigenvalue weighted by molar-refractivity contribution is 5.82. The van der Waals surface area contributed by atoms with Crippen molar-refractivity contribution in [2.75, 3.05) is 0 Å². The summed E-state index contributed by atoms with van der Waals surface area (Å²) in [6, 6.07) is 22.8. The Labute approximate surface area is 173 Å². The lowest BCUT2D eigenvalue weighted by Crippen LogP contribution is -2.04. The number of rotatable bonds is 3. The average Bonchev–Trinajstić information content (AvgIpc) is 3.52. The highest BCUT2D eigenvalue weighted by atomic mass is 15.4. The topological polar surface area (TPSA) is 74.0 Å². The van der Waals surface area contributed by atoms with Gasteiger partial charge in [-0.15, -0.1) is 5.10 Å². The Kier molecular flexibility index (Phi) is 3.79. The number of imidazole rings is 1. The predicted molar refractivity (Wildman–Crippen MR) is 116 cm³/mol. The molecular weight excluding hydrogens is 372 g/mol. The van der Waals surface area contributed by atoms with Gasteiger partial charge in [0.1, 0.15) is 5.69 Å². The van der Waals surface area contributed by atoms with Gasteiger partial charge < -0.3 is 5.73 Å². The first kappa shape index (κ1) is 17.1. The minimum absolute atomic E-state index is 0.141. The number of benzene rings is 2. The molecular formula is C24H20N6. The van der Waals surface area contributed by atoms with E-state index in [0.717, 1.165) is 46.8 Å². The summed E-state index contributed by atoms with van der Waals surface area (Å²) >= 11 is 0. The third-order valence-electron chi connectivity index (χ3n) is 5.79. The molecule has 1 atom stereocenters. The van der Waals surface area contributed by atoms with Crippen molar-refractivity contribution in [1.82, 2.24) is 24.4 Å². The fourth-order valence-electron chi connectivity index (χ4n) is 4.30. The molecule has 0 spiro atoms. The van der Waals surface area contributed by atoms with E-state index >= 15 is 0 Å². The van der Waals surface area contributed by atoms with Crippen LogP contribution in [-0.4, -0.2) is 24.4 Å². The number of hydrogen-bond acceptors (Lipinski definition) is 4. The van der Waals surface area contributed by atoms with Crippen LogP contribution in [0.1, 0.15) is 23.6 Å². The molecule has 0 radical (unpaired) electrons. The molecule has 6 nitrogen and oxygen atoms in total. The van der Waals surface area contributed by atoms with E-state index < -0.39 is 0 Å². The molecule has 2 aromatic carbocycles. The molecule has 0 bridgehead atoms. The van der Waals surface area contributed by atoms with Gasteiger partial charge in [-0.1, -0.05) is 42.5 Å². The van der Waals surface area contributed by atoms with E-state index in [1.54, 1.807) is 10.9 Å². The molecule has 6 heteroatoms. The second-order valence-electron chi connectivity index (χ2n) is 7.65. The Morgan fingerprint density at radius 1 is 0.933 bits per heavy atom. The summed E-state index contributed by atoms with van der Waals surface area (Å²) in [5.41, 5.74) is 13.7. The van der Waals surface area contributed by atoms with Crippen molar-refractivity contribution >= 4 is 5.65 Å². The first-order chi connectivity index (χ1) is 14.8. The average molecular weight is 392 g/mol. The molecule has 0 saturated carbocycles. The Bertz CT molecular complexity index is 1350. The molecule has 1 aliphatic carbocycles. The lowest BCUT2D eigenvalue weighted by Gasteiger charge is -2.09. The van der Waals surface area contributed by atoms with Crippen molar-refractivity contribution in [3.8, 4) is 28.3 Å². The molecule has 146 valence electrons. The molecule has 6 rings (SSSR count). The SMILES string of the molecule is N[C@H]1CCc2cc(-c3nc4ccc(-n5cccn5)nn4c3-c3ccccc3)ccc21. The number of hydrogen-bond donors (Lipinski definition) is 1. The summed E-state index contributed by atoms with van der Waals surface area (Å²) < 4.78 is 3.67. The summed E-state index contributed by atoms with van der Waals surface area (Å²) in [6.07, 6.45) is 5.65. The van der Waals surface area contributed by atoms with Crippen LogP contribution in [0.15, 0.2) is 79.1 Å². The molecule has 2 N–H and O–H groups in total. The summed E-state index contributed by atoms with van der Waals surface area (Å²) in [4.78, 5) is 4.97. The van der Waals surface area contributed by atoms with Gasteiger partial charge in [0.2, 0.25) is 0 Å².